The first-order valence-corrected chi connectivity index (χ1v) is 8.16. The summed E-state index contributed by atoms with van der Waals surface area (Å²) >= 11 is 3.41. The van der Waals surface area contributed by atoms with E-state index in [1.807, 2.05) is 24.3 Å². The quantitative estimate of drug-likeness (QED) is 0.767. The molecule has 2 aromatic rings. The Labute approximate surface area is 142 Å². The molecule has 2 aromatic carbocycles. The second-order valence-electron chi connectivity index (χ2n) is 5.63. The smallest absolute Gasteiger partial charge is 0.242 e. The summed E-state index contributed by atoms with van der Waals surface area (Å²) in [5.74, 6) is -0.415. The van der Waals surface area contributed by atoms with Crippen LogP contribution in [-0.2, 0) is 4.79 Å². The van der Waals surface area contributed by atoms with E-state index in [4.69, 9.17) is 0 Å². The summed E-state index contributed by atoms with van der Waals surface area (Å²) in [6.07, 6.45) is 0.646. The molecule has 1 heterocycles. The van der Waals surface area contributed by atoms with E-state index in [-0.39, 0.29) is 23.8 Å². The normalized spacial score (nSPS) is 20.5. The minimum atomic E-state index is -0.339. The van der Waals surface area contributed by atoms with Crippen molar-refractivity contribution in [2.24, 2.45) is 0 Å². The van der Waals surface area contributed by atoms with Crippen LogP contribution in [0.1, 0.15) is 23.6 Å². The van der Waals surface area contributed by atoms with Gasteiger partial charge in [0.05, 0.1) is 0 Å². The molecule has 1 aliphatic heterocycles. The zero-order valence-corrected chi connectivity index (χ0v) is 14.2. The predicted octanol–water partition coefficient (Wildman–Crippen LogP) is 3.44. The lowest BCUT2D eigenvalue weighted by Gasteiger charge is -2.11. The van der Waals surface area contributed by atoms with E-state index in [1.54, 1.807) is 19.1 Å². The molecule has 2 unspecified atom stereocenters. The van der Waals surface area contributed by atoms with Crippen LogP contribution in [0.15, 0.2) is 46.9 Å². The molecule has 0 saturated carbocycles. The summed E-state index contributed by atoms with van der Waals surface area (Å²) < 4.78 is 14.3. The summed E-state index contributed by atoms with van der Waals surface area (Å²) in [7, 11) is 0. The van der Waals surface area contributed by atoms with Gasteiger partial charge < -0.3 is 5.32 Å². The number of hydrogen-bond acceptors (Lipinski definition) is 3. The number of benzene rings is 2. The molecule has 4 nitrogen and oxygen atoms in total. The van der Waals surface area contributed by atoms with Gasteiger partial charge in [0.15, 0.2) is 0 Å². The molecule has 1 amide bonds. The van der Waals surface area contributed by atoms with Gasteiger partial charge in [0.2, 0.25) is 5.91 Å². The number of hydrazine groups is 1. The van der Waals surface area contributed by atoms with E-state index in [0.29, 0.717) is 17.7 Å². The fourth-order valence-electron chi connectivity index (χ4n) is 2.59. The Morgan fingerprint density at radius 1 is 1.22 bits per heavy atom. The molecule has 23 heavy (non-hydrogen) atoms. The molecule has 2 atom stereocenters. The molecule has 1 aliphatic rings. The van der Waals surface area contributed by atoms with Crippen molar-refractivity contribution in [2.45, 2.75) is 25.4 Å². The number of amides is 1. The van der Waals surface area contributed by atoms with Gasteiger partial charge in [0, 0.05) is 16.2 Å². The van der Waals surface area contributed by atoms with Crippen LogP contribution >= 0.6 is 15.9 Å². The molecule has 0 radical (unpaired) electrons. The number of anilines is 1. The first kappa shape index (κ1) is 16.1. The second kappa shape index (κ2) is 6.78. The molecular formula is C17H17BrFN3O. The molecule has 1 fully saturated rings. The maximum absolute atomic E-state index is 13.3. The third-order valence-corrected chi connectivity index (χ3v) is 4.45. The molecule has 0 aliphatic carbocycles. The number of halogens is 2. The summed E-state index contributed by atoms with van der Waals surface area (Å²) in [4.78, 5) is 12.3. The van der Waals surface area contributed by atoms with Crippen molar-refractivity contribution >= 4 is 27.5 Å². The van der Waals surface area contributed by atoms with Crippen LogP contribution in [0.2, 0.25) is 0 Å². The van der Waals surface area contributed by atoms with Crippen LogP contribution in [0.4, 0.5) is 10.1 Å². The lowest BCUT2D eigenvalue weighted by molar-refractivity contribution is -0.117. The Balaban J connectivity index is 1.63. The summed E-state index contributed by atoms with van der Waals surface area (Å²) in [5, 5.41) is 2.82. The number of nitrogens with one attached hydrogen (secondary N) is 3. The van der Waals surface area contributed by atoms with E-state index in [9.17, 15) is 9.18 Å². The van der Waals surface area contributed by atoms with E-state index in [2.05, 4.69) is 32.1 Å². The van der Waals surface area contributed by atoms with Crippen molar-refractivity contribution in [1.29, 1.82) is 0 Å². The monoisotopic (exact) mass is 377 g/mol. The zero-order valence-electron chi connectivity index (χ0n) is 12.6. The van der Waals surface area contributed by atoms with E-state index >= 15 is 0 Å². The van der Waals surface area contributed by atoms with Crippen molar-refractivity contribution in [3.8, 4) is 0 Å². The van der Waals surface area contributed by atoms with Gasteiger partial charge >= 0.3 is 0 Å². The lowest BCUT2D eigenvalue weighted by atomic mass is 10.0. The van der Waals surface area contributed by atoms with Crippen LogP contribution in [-0.4, -0.2) is 11.9 Å². The van der Waals surface area contributed by atoms with Crippen molar-refractivity contribution in [3.05, 3.63) is 63.9 Å². The minimum Gasteiger partial charge on any atom is -0.325 e. The third-order valence-electron chi connectivity index (χ3n) is 3.92. The highest BCUT2D eigenvalue weighted by molar-refractivity contribution is 9.10. The van der Waals surface area contributed by atoms with Crippen LogP contribution in [0, 0.1) is 12.7 Å². The van der Waals surface area contributed by atoms with Gasteiger partial charge in [0.1, 0.15) is 11.9 Å². The van der Waals surface area contributed by atoms with Gasteiger partial charge in [-0.1, -0.05) is 28.1 Å². The first-order chi connectivity index (χ1) is 11.0. The summed E-state index contributed by atoms with van der Waals surface area (Å²) in [6, 6.07) is 12.3. The third kappa shape index (κ3) is 3.77. The maximum atomic E-state index is 13.3. The molecule has 120 valence electrons. The molecular weight excluding hydrogens is 361 g/mol. The predicted molar refractivity (Wildman–Crippen MR) is 91.3 cm³/mol. The number of hydrogen-bond donors (Lipinski definition) is 3. The maximum Gasteiger partial charge on any atom is 0.242 e. The Morgan fingerprint density at radius 2 is 1.96 bits per heavy atom. The summed E-state index contributed by atoms with van der Waals surface area (Å²) in [6.45, 7) is 1.67. The van der Waals surface area contributed by atoms with Gasteiger partial charge in [-0.05, 0) is 54.8 Å². The van der Waals surface area contributed by atoms with Gasteiger partial charge in [-0.25, -0.2) is 15.2 Å². The number of aryl methyl sites for hydroxylation is 1. The average molecular weight is 378 g/mol. The Morgan fingerprint density at radius 3 is 2.65 bits per heavy atom. The minimum absolute atomic E-state index is 0.0776. The molecule has 1 saturated heterocycles. The van der Waals surface area contributed by atoms with Gasteiger partial charge in [0.25, 0.3) is 0 Å². The molecule has 3 N–H and O–H groups in total. The fourth-order valence-corrected chi connectivity index (χ4v) is 2.86. The highest BCUT2D eigenvalue weighted by Crippen LogP contribution is 2.24. The standard InChI is InChI=1S/C17H17BrFN3O/c1-10-8-13(6-7-14(10)19)20-17(23)16-9-15(21-22-16)11-2-4-12(18)5-3-11/h2-8,15-16,21-22H,9H2,1H3,(H,20,23). The van der Waals surface area contributed by atoms with Crippen LogP contribution < -0.4 is 16.2 Å². The molecule has 3 rings (SSSR count). The van der Waals surface area contributed by atoms with Crippen LogP contribution in [0.5, 0.6) is 0 Å². The Kier molecular flexibility index (Phi) is 4.75. The topological polar surface area (TPSA) is 53.2 Å². The Hall–Kier alpha value is -1.76. The first-order valence-electron chi connectivity index (χ1n) is 7.36. The van der Waals surface area contributed by atoms with Crippen molar-refractivity contribution in [3.63, 3.8) is 0 Å². The van der Waals surface area contributed by atoms with Gasteiger partial charge in [-0.15, -0.1) is 0 Å². The van der Waals surface area contributed by atoms with Crippen molar-refractivity contribution in [1.82, 2.24) is 10.9 Å². The van der Waals surface area contributed by atoms with E-state index in [0.717, 1.165) is 10.0 Å². The van der Waals surface area contributed by atoms with Gasteiger partial charge in [-0.2, -0.15) is 0 Å². The lowest BCUT2D eigenvalue weighted by Crippen LogP contribution is -2.39. The Bertz CT molecular complexity index is 720. The highest BCUT2D eigenvalue weighted by Gasteiger charge is 2.30. The number of carbonyl (C=O) groups is 1. The fraction of sp³-hybridized carbons (Fsp3) is 0.235. The largest absolute Gasteiger partial charge is 0.325 e. The molecule has 0 spiro atoms. The zero-order chi connectivity index (χ0) is 16.4. The van der Waals surface area contributed by atoms with E-state index < -0.39 is 0 Å². The van der Waals surface area contributed by atoms with Crippen molar-refractivity contribution in [2.75, 3.05) is 5.32 Å². The second-order valence-corrected chi connectivity index (χ2v) is 6.55. The molecule has 0 aromatic heterocycles. The molecule has 6 heteroatoms. The summed E-state index contributed by atoms with van der Waals surface area (Å²) in [5.41, 5.74) is 8.39. The molecule has 0 bridgehead atoms. The van der Waals surface area contributed by atoms with Crippen LogP contribution in [0.25, 0.3) is 0 Å². The SMILES string of the molecule is Cc1cc(NC(=O)C2CC(c3ccc(Br)cc3)NN2)ccc1F. The van der Waals surface area contributed by atoms with Gasteiger partial charge in [-0.3, -0.25) is 4.79 Å². The van der Waals surface area contributed by atoms with E-state index in [1.165, 1.54) is 6.07 Å². The number of carbonyl (C=O) groups excluding carboxylic acids is 1. The van der Waals surface area contributed by atoms with Crippen molar-refractivity contribution < 1.29 is 9.18 Å². The number of rotatable bonds is 3. The highest BCUT2D eigenvalue weighted by atomic mass is 79.9. The average Bonchev–Trinajstić information content (AvgIpc) is 3.02. The van der Waals surface area contributed by atoms with Crippen LogP contribution in [0.3, 0.4) is 0 Å².